The first-order valence-electron chi connectivity index (χ1n) is 4.22. The van der Waals surface area contributed by atoms with Crippen LogP contribution in [0.25, 0.3) is 0 Å². The van der Waals surface area contributed by atoms with Crippen molar-refractivity contribution in [3.63, 3.8) is 0 Å². The average molecular weight is 190 g/mol. The van der Waals surface area contributed by atoms with Crippen LogP contribution in [-0.4, -0.2) is 51.8 Å². The normalized spacial score (nSPS) is 10.1. The predicted molar refractivity (Wildman–Crippen MR) is 49.1 cm³/mol. The molecule has 0 unspecified atom stereocenters. The summed E-state index contributed by atoms with van der Waals surface area (Å²) in [6.45, 7) is 1.57. The van der Waals surface area contributed by atoms with Gasteiger partial charge in [-0.15, -0.1) is 0 Å². The molecule has 0 aliphatic heterocycles. The van der Waals surface area contributed by atoms with E-state index in [0.717, 1.165) is 0 Å². The van der Waals surface area contributed by atoms with Crippen LogP contribution in [0.2, 0.25) is 0 Å². The van der Waals surface area contributed by atoms with Crippen molar-refractivity contribution in [3.05, 3.63) is 0 Å². The van der Waals surface area contributed by atoms with Crippen LogP contribution in [-0.2, 0) is 14.4 Å². The topological polar surface area (TPSA) is 50.8 Å². The molecule has 0 fully saturated rings. The fourth-order valence-electron chi connectivity index (χ4n) is 0.651. The van der Waals surface area contributed by atoms with E-state index < -0.39 is 0 Å². The van der Waals surface area contributed by atoms with E-state index in [2.05, 4.69) is 5.48 Å². The molecule has 1 amide bonds. The van der Waals surface area contributed by atoms with Gasteiger partial charge in [-0.05, 0) is 0 Å². The van der Waals surface area contributed by atoms with Gasteiger partial charge in [-0.25, -0.2) is 5.48 Å². The largest absolute Gasteiger partial charge is 0.382 e. The summed E-state index contributed by atoms with van der Waals surface area (Å²) in [6, 6.07) is 0. The van der Waals surface area contributed by atoms with E-state index in [1.165, 1.54) is 0 Å². The Hall–Kier alpha value is -0.650. The Morgan fingerprint density at radius 2 is 2.08 bits per heavy atom. The van der Waals surface area contributed by atoms with Gasteiger partial charge < -0.3 is 9.64 Å². The zero-order chi connectivity index (χ0) is 10.1. The lowest BCUT2D eigenvalue weighted by molar-refractivity contribution is -0.129. The molecule has 13 heavy (non-hydrogen) atoms. The minimum Gasteiger partial charge on any atom is -0.382 e. The Kier molecular flexibility index (Phi) is 7.57. The maximum Gasteiger partial charge on any atom is 0.223 e. The molecule has 0 aromatic rings. The van der Waals surface area contributed by atoms with Crippen molar-refractivity contribution in [2.75, 3.05) is 41.0 Å². The summed E-state index contributed by atoms with van der Waals surface area (Å²) in [4.78, 5) is 17.5. The maximum absolute atomic E-state index is 11.0. The Morgan fingerprint density at radius 3 is 2.62 bits per heavy atom. The fraction of sp³-hybridized carbons (Fsp3) is 0.875. The van der Waals surface area contributed by atoms with Crippen LogP contribution in [0, 0.1) is 0 Å². The van der Waals surface area contributed by atoms with Gasteiger partial charge in [0.25, 0.3) is 0 Å². The number of carbonyl (C=O) groups excluding carboxylic acids is 1. The minimum atomic E-state index is 0.0860. The van der Waals surface area contributed by atoms with Gasteiger partial charge in [0.2, 0.25) is 5.91 Å². The second-order valence-electron chi connectivity index (χ2n) is 2.77. The van der Waals surface area contributed by atoms with Crippen LogP contribution in [0.1, 0.15) is 6.42 Å². The summed E-state index contributed by atoms with van der Waals surface area (Å²) in [5.41, 5.74) is 2.68. The second kappa shape index (κ2) is 7.97. The van der Waals surface area contributed by atoms with Crippen molar-refractivity contribution in [2.24, 2.45) is 0 Å². The third kappa shape index (κ3) is 7.70. The highest BCUT2D eigenvalue weighted by molar-refractivity contribution is 5.75. The highest BCUT2D eigenvalue weighted by Gasteiger charge is 2.01. The Bertz CT molecular complexity index is 139. The maximum atomic E-state index is 11.0. The van der Waals surface area contributed by atoms with E-state index in [9.17, 15) is 4.79 Å². The first kappa shape index (κ1) is 12.3. The molecule has 0 rings (SSSR count). The lowest BCUT2D eigenvalue weighted by Gasteiger charge is -2.10. The molecule has 78 valence electrons. The summed E-state index contributed by atoms with van der Waals surface area (Å²) < 4.78 is 4.77. The molecule has 1 N–H and O–H groups in total. The van der Waals surface area contributed by atoms with Crippen molar-refractivity contribution < 1.29 is 14.4 Å². The standard InChI is InChI=1S/C8H18N2O3/c1-10(2)8(11)4-5-9-13-7-6-12-3/h9H,4-7H2,1-3H3. The van der Waals surface area contributed by atoms with E-state index in [1.807, 2.05) is 0 Å². The molecule has 0 aromatic carbocycles. The molecule has 0 aliphatic carbocycles. The monoisotopic (exact) mass is 190 g/mol. The summed E-state index contributed by atoms with van der Waals surface area (Å²) in [7, 11) is 5.07. The van der Waals surface area contributed by atoms with Gasteiger partial charge in [0.05, 0.1) is 13.2 Å². The molecule has 0 spiro atoms. The number of methoxy groups -OCH3 is 1. The molecule has 0 aromatic heterocycles. The third-order valence-electron chi connectivity index (χ3n) is 1.43. The zero-order valence-corrected chi connectivity index (χ0v) is 8.50. The first-order valence-corrected chi connectivity index (χ1v) is 4.22. The van der Waals surface area contributed by atoms with Gasteiger partial charge >= 0.3 is 0 Å². The fourth-order valence-corrected chi connectivity index (χ4v) is 0.651. The number of nitrogens with one attached hydrogen (secondary N) is 1. The highest BCUT2D eigenvalue weighted by Crippen LogP contribution is 1.84. The Balaban J connectivity index is 3.12. The molecule has 0 saturated carbocycles. The molecule has 5 heteroatoms. The van der Waals surface area contributed by atoms with Gasteiger partial charge in [0.1, 0.15) is 0 Å². The third-order valence-corrected chi connectivity index (χ3v) is 1.43. The number of rotatable bonds is 7. The highest BCUT2D eigenvalue weighted by atomic mass is 16.7. The van der Waals surface area contributed by atoms with Crippen molar-refractivity contribution >= 4 is 5.91 Å². The minimum absolute atomic E-state index is 0.0860. The zero-order valence-electron chi connectivity index (χ0n) is 8.50. The van der Waals surface area contributed by atoms with Gasteiger partial charge in [-0.1, -0.05) is 0 Å². The Labute approximate surface area is 78.9 Å². The van der Waals surface area contributed by atoms with Gasteiger partial charge in [0.15, 0.2) is 0 Å². The number of amides is 1. The molecule has 0 radical (unpaired) electrons. The number of hydrogen-bond acceptors (Lipinski definition) is 4. The molecule has 0 heterocycles. The smallest absolute Gasteiger partial charge is 0.223 e. The quantitative estimate of drug-likeness (QED) is 0.439. The van der Waals surface area contributed by atoms with E-state index in [4.69, 9.17) is 9.57 Å². The second-order valence-corrected chi connectivity index (χ2v) is 2.77. The average Bonchev–Trinajstić information content (AvgIpc) is 2.10. The number of hydroxylamine groups is 1. The lowest BCUT2D eigenvalue weighted by atomic mass is 10.4. The molecular formula is C8H18N2O3. The first-order chi connectivity index (χ1) is 6.18. The molecular weight excluding hydrogens is 172 g/mol. The Morgan fingerprint density at radius 1 is 1.38 bits per heavy atom. The number of carbonyl (C=O) groups is 1. The molecule has 5 nitrogen and oxygen atoms in total. The van der Waals surface area contributed by atoms with Crippen molar-refractivity contribution in [1.29, 1.82) is 0 Å². The molecule has 0 aliphatic rings. The SMILES string of the molecule is COCCONCCC(=O)N(C)C. The number of ether oxygens (including phenoxy) is 1. The van der Waals surface area contributed by atoms with Crippen LogP contribution >= 0.6 is 0 Å². The molecule has 0 bridgehead atoms. The van der Waals surface area contributed by atoms with Gasteiger partial charge in [0, 0.05) is 34.2 Å². The van der Waals surface area contributed by atoms with E-state index in [0.29, 0.717) is 26.2 Å². The van der Waals surface area contributed by atoms with Crippen LogP contribution in [0.3, 0.4) is 0 Å². The van der Waals surface area contributed by atoms with Crippen molar-refractivity contribution in [3.8, 4) is 0 Å². The van der Waals surface area contributed by atoms with Crippen molar-refractivity contribution in [1.82, 2.24) is 10.4 Å². The summed E-state index contributed by atoms with van der Waals surface area (Å²) in [6.07, 6.45) is 0.444. The summed E-state index contributed by atoms with van der Waals surface area (Å²) in [5, 5.41) is 0. The molecule has 0 saturated heterocycles. The van der Waals surface area contributed by atoms with Crippen LogP contribution < -0.4 is 5.48 Å². The van der Waals surface area contributed by atoms with E-state index >= 15 is 0 Å². The summed E-state index contributed by atoms with van der Waals surface area (Å²) >= 11 is 0. The van der Waals surface area contributed by atoms with E-state index in [1.54, 1.807) is 26.1 Å². The molecule has 0 atom stereocenters. The number of nitrogens with zero attached hydrogens (tertiary/aromatic N) is 1. The lowest BCUT2D eigenvalue weighted by Crippen LogP contribution is -2.27. The summed E-state index contributed by atoms with van der Waals surface area (Å²) in [5.74, 6) is 0.0860. The van der Waals surface area contributed by atoms with E-state index in [-0.39, 0.29) is 5.91 Å². The van der Waals surface area contributed by atoms with Crippen LogP contribution in [0.15, 0.2) is 0 Å². The van der Waals surface area contributed by atoms with Crippen molar-refractivity contribution in [2.45, 2.75) is 6.42 Å². The van der Waals surface area contributed by atoms with Gasteiger partial charge in [-0.2, -0.15) is 0 Å². The van der Waals surface area contributed by atoms with Gasteiger partial charge in [-0.3, -0.25) is 9.63 Å². The van der Waals surface area contributed by atoms with Crippen LogP contribution in [0.5, 0.6) is 0 Å². The number of hydrogen-bond donors (Lipinski definition) is 1. The van der Waals surface area contributed by atoms with Crippen LogP contribution in [0.4, 0.5) is 0 Å². The predicted octanol–water partition coefficient (Wildman–Crippen LogP) is -0.368.